The van der Waals surface area contributed by atoms with Crippen LogP contribution in [-0.4, -0.2) is 31.6 Å². The molecule has 0 amide bonds. The Balaban J connectivity index is 1.44. The summed E-state index contributed by atoms with van der Waals surface area (Å²) in [5.74, 6) is 0.960. The number of hydrogen-bond acceptors (Lipinski definition) is 5. The van der Waals surface area contributed by atoms with Crippen molar-refractivity contribution in [2.24, 2.45) is 0 Å². The van der Waals surface area contributed by atoms with Crippen LogP contribution in [0.25, 0.3) is 0 Å². The van der Waals surface area contributed by atoms with Crippen LogP contribution in [0.4, 0.5) is 0 Å². The van der Waals surface area contributed by atoms with Gasteiger partial charge in [-0.25, -0.2) is 0 Å². The van der Waals surface area contributed by atoms with Crippen molar-refractivity contribution < 1.29 is 4.74 Å². The maximum absolute atomic E-state index is 9.98. The first-order valence-electron chi connectivity index (χ1n) is 11.4. The van der Waals surface area contributed by atoms with E-state index in [9.17, 15) is 5.26 Å². The monoisotopic (exact) mass is 445 g/mol. The van der Waals surface area contributed by atoms with E-state index in [1.165, 1.54) is 10.4 Å². The Kier molecular flexibility index (Phi) is 7.59. The second-order valence-corrected chi connectivity index (χ2v) is 9.44. The first-order chi connectivity index (χ1) is 15.7. The number of likely N-dealkylation sites (tertiary alicyclic amines) is 1. The minimum Gasteiger partial charge on any atom is -0.485 e. The summed E-state index contributed by atoms with van der Waals surface area (Å²) in [7, 11) is 1.98. The van der Waals surface area contributed by atoms with Crippen molar-refractivity contribution >= 4 is 11.3 Å². The number of rotatable bonds is 9. The number of nitrogens with zero attached hydrogens (tertiary/aromatic N) is 2. The predicted octanol–water partition coefficient (Wildman–Crippen LogP) is 5.54. The van der Waals surface area contributed by atoms with Crippen molar-refractivity contribution in [1.29, 1.82) is 5.26 Å². The third kappa shape index (κ3) is 5.21. The van der Waals surface area contributed by atoms with E-state index in [0.717, 1.165) is 56.8 Å². The molecule has 5 heteroatoms. The summed E-state index contributed by atoms with van der Waals surface area (Å²) in [4.78, 5) is 3.71. The van der Waals surface area contributed by atoms with E-state index in [1.807, 2.05) is 25.2 Å². The molecule has 3 aromatic rings. The van der Waals surface area contributed by atoms with Gasteiger partial charge in [-0.1, -0.05) is 54.6 Å². The maximum Gasteiger partial charge on any atom is 0.134 e. The van der Waals surface area contributed by atoms with Crippen LogP contribution in [0.5, 0.6) is 5.75 Å². The Morgan fingerprint density at radius 1 is 1.06 bits per heavy atom. The highest BCUT2D eigenvalue weighted by Crippen LogP contribution is 2.36. The van der Waals surface area contributed by atoms with Crippen LogP contribution in [-0.2, 0) is 12.0 Å². The highest BCUT2D eigenvalue weighted by atomic mass is 32.1. The van der Waals surface area contributed by atoms with Gasteiger partial charge in [-0.2, -0.15) is 5.26 Å². The highest BCUT2D eigenvalue weighted by Gasteiger charge is 2.36. The van der Waals surface area contributed by atoms with Crippen LogP contribution in [0.3, 0.4) is 0 Å². The van der Waals surface area contributed by atoms with Gasteiger partial charge in [-0.05, 0) is 49.5 Å². The van der Waals surface area contributed by atoms with E-state index in [0.29, 0.717) is 0 Å². The molecule has 1 aliphatic heterocycles. The van der Waals surface area contributed by atoms with Gasteiger partial charge in [0.2, 0.25) is 0 Å². The molecule has 166 valence electrons. The molecule has 32 heavy (non-hydrogen) atoms. The molecule has 1 unspecified atom stereocenters. The van der Waals surface area contributed by atoms with Crippen molar-refractivity contribution in [3.63, 3.8) is 0 Å². The molecule has 0 aliphatic carbocycles. The quantitative estimate of drug-likeness (QED) is 0.470. The van der Waals surface area contributed by atoms with Crippen LogP contribution in [0, 0.1) is 11.3 Å². The average molecular weight is 446 g/mol. The van der Waals surface area contributed by atoms with E-state index in [-0.39, 0.29) is 11.5 Å². The SMILES string of the molecule is CNCCC(Oc1ccccc1CN1CCC(C#N)(c2ccccc2)CC1)c1cccs1. The zero-order chi connectivity index (χ0) is 22.2. The molecule has 4 rings (SSSR count). The predicted molar refractivity (Wildman–Crippen MR) is 131 cm³/mol. The normalized spacial score (nSPS) is 16.9. The topological polar surface area (TPSA) is 48.3 Å². The van der Waals surface area contributed by atoms with Crippen molar-refractivity contribution in [3.05, 3.63) is 88.1 Å². The average Bonchev–Trinajstić information content (AvgIpc) is 3.39. The highest BCUT2D eigenvalue weighted by molar-refractivity contribution is 7.10. The minimum atomic E-state index is -0.370. The number of ether oxygens (including phenoxy) is 1. The number of nitrogens with one attached hydrogen (secondary N) is 1. The molecule has 0 spiro atoms. The number of nitriles is 1. The molecule has 2 aromatic carbocycles. The number of piperidine rings is 1. The molecule has 0 radical (unpaired) electrons. The van der Waals surface area contributed by atoms with Crippen LogP contribution in [0.1, 0.15) is 41.4 Å². The Morgan fingerprint density at radius 2 is 1.81 bits per heavy atom. The number of para-hydroxylation sites is 1. The summed E-state index contributed by atoms with van der Waals surface area (Å²) in [6, 6.07) is 25.5. The number of hydrogen-bond donors (Lipinski definition) is 1. The van der Waals surface area contributed by atoms with Gasteiger partial charge in [0.15, 0.2) is 0 Å². The lowest BCUT2D eigenvalue weighted by atomic mass is 9.74. The van der Waals surface area contributed by atoms with Crippen LogP contribution < -0.4 is 10.1 Å². The molecule has 0 saturated carbocycles. The molecule has 4 nitrogen and oxygen atoms in total. The van der Waals surface area contributed by atoms with Gasteiger partial charge in [0.1, 0.15) is 11.9 Å². The van der Waals surface area contributed by atoms with E-state index in [4.69, 9.17) is 4.74 Å². The number of benzene rings is 2. The summed E-state index contributed by atoms with van der Waals surface area (Å²) < 4.78 is 6.56. The zero-order valence-corrected chi connectivity index (χ0v) is 19.5. The minimum absolute atomic E-state index is 0.0503. The molecule has 1 saturated heterocycles. The fourth-order valence-corrected chi connectivity index (χ4v) is 5.26. The van der Waals surface area contributed by atoms with E-state index in [1.54, 1.807) is 11.3 Å². The fraction of sp³-hybridized carbons (Fsp3) is 0.370. The summed E-state index contributed by atoms with van der Waals surface area (Å²) in [6.07, 6.45) is 2.69. The van der Waals surface area contributed by atoms with Gasteiger partial charge in [0.25, 0.3) is 0 Å². The second-order valence-electron chi connectivity index (χ2n) is 8.46. The Labute approximate surface area is 195 Å². The van der Waals surface area contributed by atoms with Crippen molar-refractivity contribution in [2.45, 2.75) is 37.3 Å². The van der Waals surface area contributed by atoms with Crippen LogP contribution in [0.15, 0.2) is 72.1 Å². The Hall–Kier alpha value is -2.65. The third-order valence-electron chi connectivity index (χ3n) is 6.40. The first-order valence-corrected chi connectivity index (χ1v) is 12.2. The van der Waals surface area contributed by atoms with Gasteiger partial charge in [0.05, 0.1) is 11.5 Å². The molecule has 1 aliphatic rings. The van der Waals surface area contributed by atoms with Crippen LogP contribution in [0.2, 0.25) is 0 Å². The lowest BCUT2D eigenvalue weighted by Gasteiger charge is -2.38. The van der Waals surface area contributed by atoms with E-state index >= 15 is 0 Å². The van der Waals surface area contributed by atoms with Gasteiger partial charge < -0.3 is 10.1 Å². The third-order valence-corrected chi connectivity index (χ3v) is 7.37. The summed E-state index contributed by atoms with van der Waals surface area (Å²) >= 11 is 1.75. The molecule has 0 bridgehead atoms. The zero-order valence-electron chi connectivity index (χ0n) is 18.7. The number of thiophene rings is 1. The van der Waals surface area contributed by atoms with E-state index < -0.39 is 0 Å². The molecule has 1 N–H and O–H groups in total. The Morgan fingerprint density at radius 3 is 2.50 bits per heavy atom. The lowest BCUT2D eigenvalue weighted by molar-refractivity contribution is 0.168. The molecular weight excluding hydrogens is 414 g/mol. The summed E-state index contributed by atoms with van der Waals surface area (Å²) in [5, 5.41) is 15.3. The molecule has 1 atom stereocenters. The van der Waals surface area contributed by atoms with Crippen LogP contribution >= 0.6 is 11.3 Å². The van der Waals surface area contributed by atoms with Crippen molar-refractivity contribution in [2.75, 3.05) is 26.7 Å². The fourth-order valence-electron chi connectivity index (χ4n) is 4.47. The van der Waals surface area contributed by atoms with Gasteiger partial charge in [-0.3, -0.25) is 4.90 Å². The van der Waals surface area contributed by atoms with Crippen molar-refractivity contribution in [1.82, 2.24) is 10.2 Å². The molecular formula is C27H31N3OS. The lowest BCUT2D eigenvalue weighted by Crippen LogP contribution is -2.41. The van der Waals surface area contributed by atoms with E-state index in [2.05, 4.69) is 70.2 Å². The largest absolute Gasteiger partial charge is 0.485 e. The summed E-state index contributed by atoms with van der Waals surface area (Å²) in [6.45, 7) is 3.57. The van der Waals surface area contributed by atoms with Gasteiger partial charge in [-0.15, -0.1) is 11.3 Å². The first kappa shape index (κ1) is 22.5. The van der Waals surface area contributed by atoms with Gasteiger partial charge in [0, 0.05) is 36.5 Å². The Bertz CT molecular complexity index is 1000. The molecule has 1 fully saturated rings. The second kappa shape index (κ2) is 10.8. The molecule has 2 heterocycles. The van der Waals surface area contributed by atoms with Gasteiger partial charge >= 0.3 is 0 Å². The molecule has 1 aromatic heterocycles. The smallest absolute Gasteiger partial charge is 0.134 e. The van der Waals surface area contributed by atoms with Crippen molar-refractivity contribution in [3.8, 4) is 11.8 Å². The summed E-state index contributed by atoms with van der Waals surface area (Å²) in [5.41, 5.74) is 1.99. The maximum atomic E-state index is 9.98. The standard InChI is InChI=1S/C27H31N3OS/c1-29-16-13-25(26-12-7-19-32-26)31-24-11-6-5-8-22(24)20-30-17-14-27(21-28,15-18-30)23-9-3-2-4-10-23/h2-12,19,25,29H,13-18,20H2,1H3.